The molecule has 121 heavy (non-hydrogen) atoms. The van der Waals surface area contributed by atoms with Gasteiger partial charge in [-0.05, 0) is 38.5 Å². The zero-order chi connectivity index (χ0) is 87.7. The molecule has 0 heterocycles. The van der Waals surface area contributed by atoms with E-state index in [9.17, 15) is 28.4 Å². The van der Waals surface area contributed by atoms with Crippen LogP contribution in [0.25, 0.3) is 0 Å². The molecule has 3 atom stereocenters. The molecule has 1 radical (unpaired) electrons. The van der Waals surface area contributed by atoms with Crippen molar-refractivity contribution < 1.29 is 59.3 Å². The SMILES string of the molecule is CCCCCCCCCCCCCCCCCCOP(=O)([O-])CCCCCCCCCCCCCCCCCC.CCCCCCCCCCCCCCCCCCOP(=O)([O-])CCCCCCCCCCCCCCCCCC.CCCCCCCCCCCCCCCCCCOP(=O)([O-])CCCCCCCCCCCCCCCCCC.[Cr+3]. The summed E-state index contributed by atoms with van der Waals surface area (Å²) in [5.41, 5.74) is 0. The third-order valence-electron chi connectivity index (χ3n) is 25.7. The summed E-state index contributed by atoms with van der Waals surface area (Å²) < 4.78 is 52.3. The van der Waals surface area contributed by atoms with Gasteiger partial charge in [0.2, 0.25) is 0 Å². The van der Waals surface area contributed by atoms with E-state index in [1.807, 2.05) is 0 Å². The van der Waals surface area contributed by atoms with Crippen molar-refractivity contribution in [2.75, 3.05) is 38.3 Å². The Morgan fingerprint density at radius 1 is 0.132 bits per heavy atom. The van der Waals surface area contributed by atoms with E-state index in [0.717, 1.165) is 96.3 Å². The Bertz CT molecular complexity index is 1750. The maximum absolute atomic E-state index is 12.1. The van der Waals surface area contributed by atoms with Crippen LogP contribution < -0.4 is 14.7 Å². The summed E-state index contributed by atoms with van der Waals surface area (Å²) in [5.74, 6) is 0. The monoisotopic (exact) mass is 1810 g/mol. The minimum Gasteiger partial charge on any atom is -0.778 e. The van der Waals surface area contributed by atoms with E-state index in [1.165, 1.54) is 520 Å². The van der Waals surface area contributed by atoms with Crippen LogP contribution >= 0.6 is 22.8 Å². The summed E-state index contributed by atoms with van der Waals surface area (Å²) in [6.07, 6.45) is 127. The molecule has 0 bridgehead atoms. The molecule has 0 aromatic carbocycles. The summed E-state index contributed by atoms with van der Waals surface area (Å²) in [7, 11) is -10.9. The molecule has 0 saturated carbocycles. The van der Waals surface area contributed by atoms with Crippen molar-refractivity contribution in [2.45, 2.75) is 658 Å². The normalized spacial score (nSPS) is 13.1. The van der Waals surface area contributed by atoms with Crippen molar-refractivity contribution >= 4 is 22.8 Å². The zero-order valence-corrected chi connectivity index (χ0v) is 87.5. The van der Waals surface area contributed by atoms with Crippen molar-refractivity contribution in [3.63, 3.8) is 0 Å². The van der Waals surface area contributed by atoms with Gasteiger partial charge in [0.25, 0.3) is 0 Å². The van der Waals surface area contributed by atoms with Crippen molar-refractivity contribution in [1.29, 1.82) is 0 Å². The second-order valence-corrected chi connectivity index (χ2v) is 44.1. The van der Waals surface area contributed by atoms with Crippen LogP contribution in [0.1, 0.15) is 658 Å². The summed E-state index contributed by atoms with van der Waals surface area (Å²) >= 11 is 0. The first-order valence-corrected chi connectivity index (χ1v) is 60.9. The smallest absolute Gasteiger partial charge is 0.778 e. The fraction of sp³-hybridized carbons (Fsp3) is 1.00. The Kier molecular flexibility index (Phi) is 120. The average molecular weight is 1810 g/mol. The Morgan fingerprint density at radius 3 is 0.298 bits per heavy atom. The molecule has 0 rings (SSSR count). The number of hydrogen-bond acceptors (Lipinski definition) is 9. The molecule has 0 aromatic heterocycles. The molecule has 0 spiro atoms. The summed E-state index contributed by atoms with van der Waals surface area (Å²) in [6.45, 7) is 14.9. The largest absolute Gasteiger partial charge is 3.00 e. The molecule has 9 nitrogen and oxygen atoms in total. The van der Waals surface area contributed by atoms with Crippen LogP contribution in [0.5, 0.6) is 0 Å². The van der Waals surface area contributed by atoms with Crippen LogP contribution in [0.15, 0.2) is 0 Å². The number of hydrogen-bond donors (Lipinski definition) is 0. The molecule has 0 aliphatic rings. The first-order valence-electron chi connectivity index (χ1n) is 55.7. The molecule has 0 aromatic rings. The fourth-order valence-electron chi connectivity index (χ4n) is 17.3. The van der Waals surface area contributed by atoms with Crippen LogP contribution in [-0.2, 0) is 44.6 Å². The van der Waals surface area contributed by atoms with Gasteiger partial charge in [-0.3, -0.25) is 0 Å². The molecular formula is C108H222CrO9P3. The zero-order valence-electron chi connectivity index (χ0n) is 83.5. The van der Waals surface area contributed by atoms with Gasteiger partial charge in [-0.25, -0.2) is 0 Å². The van der Waals surface area contributed by atoms with E-state index in [1.54, 1.807) is 0 Å². The summed E-state index contributed by atoms with van der Waals surface area (Å²) in [6, 6.07) is 0. The van der Waals surface area contributed by atoms with Gasteiger partial charge in [0.1, 0.15) is 22.8 Å². The minimum absolute atomic E-state index is 0. The van der Waals surface area contributed by atoms with Gasteiger partial charge in [0, 0.05) is 18.5 Å². The third-order valence-corrected chi connectivity index (χ3v) is 30.0. The van der Waals surface area contributed by atoms with Crippen molar-refractivity contribution in [2.24, 2.45) is 0 Å². The van der Waals surface area contributed by atoms with Gasteiger partial charge < -0.3 is 41.9 Å². The summed E-state index contributed by atoms with van der Waals surface area (Å²) in [4.78, 5) is 36.4. The van der Waals surface area contributed by atoms with Gasteiger partial charge >= 0.3 is 17.4 Å². The minimum atomic E-state index is -3.62. The van der Waals surface area contributed by atoms with E-state index in [-0.39, 0.29) is 35.8 Å². The van der Waals surface area contributed by atoms with E-state index >= 15 is 0 Å². The van der Waals surface area contributed by atoms with E-state index < -0.39 is 22.8 Å². The van der Waals surface area contributed by atoms with E-state index in [2.05, 4.69) is 41.5 Å². The second-order valence-electron chi connectivity index (χ2n) is 38.3. The van der Waals surface area contributed by atoms with Crippen LogP contribution in [-0.4, -0.2) is 38.3 Å². The summed E-state index contributed by atoms with van der Waals surface area (Å²) in [5, 5.41) is 0. The first kappa shape index (κ1) is 128. The fourth-order valence-corrected chi connectivity index (χ4v) is 20.8. The van der Waals surface area contributed by atoms with Gasteiger partial charge in [0.05, 0.1) is 19.8 Å². The second kappa shape index (κ2) is 113. The predicted molar refractivity (Wildman–Crippen MR) is 533 cm³/mol. The topological polar surface area (TPSA) is 148 Å². The van der Waals surface area contributed by atoms with Crippen molar-refractivity contribution in [1.82, 2.24) is 0 Å². The van der Waals surface area contributed by atoms with Gasteiger partial charge in [-0.15, -0.1) is 0 Å². The van der Waals surface area contributed by atoms with Gasteiger partial charge in [-0.2, -0.15) is 0 Å². The molecule has 0 aliphatic carbocycles. The number of unbranched alkanes of at least 4 members (excludes halogenated alkanes) is 90. The average Bonchev–Trinajstić information content (AvgIpc) is 0.951. The van der Waals surface area contributed by atoms with Gasteiger partial charge in [0.15, 0.2) is 0 Å². The Labute approximate surface area is 773 Å². The van der Waals surface area contributed by atoms with Crippen LogP contribution in [0, 0.1) is 0 Å². The maximum Gasteiger partial charge on any atom is 3.00 e. The maximum atomic E-state index is 12.1. The Balaban J connectivity index is -0.000000845. The molecule has 0 aliphatic heterocycles. The Morgan fingerprint density at radius 2 is 0.207 bits per heavy atom. The molecule has 0 fully saturated rings. The van der Waals surface area contributed by atoms with E-state index in [0.29, 0.717) is 19.8 Å². The molecule has 3 unspecified atom stereocenters. The van der Waals surface area contributed by atoms with Crippen LogP contribution in [0.3, 0.4) is 0 Å². The van der Waals surface area contributed by atoms with Crippen molar-refractivity contribution in [3.05, 3.63) is 0 Å². The Hall–Kier alpha value is 0.982. The predicted octanol–water partition coefficient (Wildman–Crippen LogP) is 39.2. The molecule has 0 amide bonds. The van der Waals surface area contributed by atoms with Crippen LogP contribution in [0.4, 0.5) is 0 Å². The number of rotatable bonds is 105. The van der Waals surface area contributed by atoms with Crippen LogP contribution in [0.2, 0.25) is 0 Å². The third kappa shape index (κ3) is 123. The first-order chi connectivity index (χ1) is 58.9. The molecule has 13 heteroatoms. The standard InChI is InChI=1S/3C36H75O3P.Cr/c3*1-3-5-7-9-11-13-15-17-19-21-23-25-27-29-31-33-35-39-40(37,38)36-34-32-30-28-26-24-22-20-18-16-14-12-10-8-6-4-2;/h3*3-36H2,1-2H3,(H,37,38);/q;;;+3/p-3. The van der Waals surface area contributed by atoms with E-state index in [4.69, 9.17) is 13.6 Å². The molecule has 0 N–H and O–H groups in total. The quantitative estimate of drug-likeness (QED) is 0.0429. The molecule has 0 saturated heterocycles. The molecular weight excluding hydrogens is 1590 g/mol. The van der Waals surface area contributed by atoms with Gasteiger partial charge in [-0.1, -0.05) is 619 Å². The molecule has 729 valence electrons. The van der Waals surface area contributed by atoms with Crippen molar-refractivity contribution in [3.8, 4) is 0 Å².